The summed E-state index contributed by atoms with van der Waals surface area (Å²) in [7, 11) is 0. The molecule has 0 saturated carbocycles. The molecule has 1 aromatic heterocycles. The highest BCUT2D eigenvalue weighted by molar-refractivity contribution is 7.99. The van der Waals surface area contributed by atoms with Gasteiger partial charge in [-0.05, 0) is 47.3 Å². The normalized spacial score (nSPS) is 11.7. The van der Waals surface area contributed by atoms with Crippen molar-refractivity contribution in [2.24, 2.45) is 5.73 Å². The molecular weight excluding hydrogens is 353 g/mol. The van der Waals surface area contributed by atoms with Gasteiger partial charge in [-0.25, -0.2) is 0 Å². The molecule has 5 heteroatoms. The van der Waals surface area contributed by atoms with Crippen molar-refractivity contribution in [3.05, 3.63) is 81.5 Å². The SMILES string of the molecule is Cl.N[C@@H](c1cccs1)c1ccccc1Sc1ccc(Cl)cc1. The zero-order valence-corrected chi connectivity index (χ0v) is 14.8. The largest absolute Gasteiger partial charge is 0.320 e. The van der Waals surface area contributed by atoms with E-state index in [0.29, 0.717) is 0 Å². The first-order valence-corrected chi connectivity index (χ1v) is 8.63. The smallest absolute Gasteiger partial charge is 0.0657 e. The molecule has 0 aliphatic rings. The van der Waals surface area contributed by atoms with Crippen LogP contribution in [-0.4, -0.2) is 0 Å². The summed E-state index contributed by atoms with van der Waals surface area (Å²) in [4.78, 5) is 3.52. The van der Waals surface area contributed by atoms with E-state index in [1.165, 1.54) is 9.77 Å². The molecule has 0 amide bonds. The summed E-state index contributed by atoms with van der Waals surface area (Å²) in [6, 6.07) is 20.2. The average molecular weight is 368 g/mol. The third kappa shape index (κ3) is 4.06. The van der Waals surface area contributed by atoms with Crippen LogP contribution in [0.15, 0.2) is 75.8 Å². The molecule has 1 atom stereocenters. The number of halogens is 2. The van der Waals surface area contributed by atoms with Gasteiger partial charge in [-0.2, -0.15) is 0 Å². The first kappa shape index (κ1) is 17.4. The molecule has 22 heavy (non-hydrogen) atoms. The van der Waals surface area contributed by atoms with Crippen LogP contribution in [0.1, 0.15) is 16.5 Å². The van der Waals surface area contributed by atoms with Crippen molar-refractivity contribution in [1.82, 2.24) is 0 Å². The second kappa shape index (κ2) is 8.04. The molecule has 3 rings (SSSR count). The van der Waals surface area contributed by atoms with Gasteiger partial charge >= 0.3 is 0 Å². The van der Waals surface area contributed by atoms with Gasteiger partial charge in [0.15, 0.2) is 0 Å². The number of benzene rings is 2. The fraction of sp³-hybridized carbons (Fsp3) is 0.0588. The highest BCUT2D eigenvalue weighted by Gasteiger charge is 2.14. The lowest BCUT2D eigenvalue weighted by Gasteiger charge is -2.15. The first-order valence-electron chi connectivity index (χ1n) is 6.55. The Labute approximate surface area is 149 Å². The van der Waals surface area contributed by atoms with E-state index >= 15 is 0 Å². The predicted molar refractivity (Wildman–Crippen MR) is 99.6 cm³/mol. The van der Waals surface area contributed by atoms with Crippen molar-refractivity contribution < 1.29 is 0 Å². The zero-order valence-electron chi connectivity index (χ0n) is 11.6. The van der Waals surface area contributed by atoms with Crippen molar-refractivity contribution in [1.29, 1.82) is 0 Å². The van der Waals surface area contributed by atoms with E-state index in [4.69, 9.17) is 17.3 Å². The quantitative estimate of drug-likeness (QED) is 0.609. The molecule has 0 aliphatic carbocycles. The van der Waals surface area contributed by atoms with Crippen LogP contribution in [0.4, 0.5) is 0 Å². The maximum Gasteiger partial charge on any atom is 0.0657 e. The first-order chi connectivity index (χ1) is 10.2. The third-order valence-electron chi connectivity index (χ3n) is 3.15. The minimum absolute atomic E-state index is 0. The number of hydrogen-bond acceptors (Lipinski definition) is 3. The van der Waals surface area contributed by atoms with Gasteiger partial charge in [0.25, 0.3) is 0 Å². The predicted octanol–water partition coefficient (Wildman–Crippen LogP) is 6.02. The van der Waals surface area contributed by atoms with Crippen molar-refractivity contribution in [2.75, 3.05) is 0 Å². The van der Waals surface area contributed by atoms with Crippen molar-refractivity contribution >= 4 is 47.1 Å². The standard InChI is InChI=1S/C17H14ClNS2.ClH/c18-12-7-9-13(10-8-12)21-15-5-2-1-4-14(15)17(19)16-6-3-11-20-16;/h1-11,17H,19H2;1H/t17-;/m1./s1. The topological polar surface area (TPSA) is 26.0 Å². The van der Waals surface area contributed by atoms with Crippen LogP contribution < -0.4 is 5.73 Å². The summed E-state index contributed by atoms with van der Waals surface area (Å²) in [5.41, 5.74) is 7.57. The summed E-state index contributed by atoms with van der Waals surface area (Å²) in [5, 5.41) is 2.81. The summed E-state index contributed by atoms with van der Waals surface area (Å²) >= 11 is 9.34. The van der Waals surface area contributed by atoms with E-state index < -0.39 is 0 Å². The van der Waals surface area contributed by atoms with Crippen molar-refractivity contribution in [3.8, 4) is 0 Å². The fourth-order valence-corrected chi connectivity index (χ4v) is 3.94. The van der Waals surface area contributed by atoms with Gasteiger partial charge in [0.05, 0.1) is 6.04 Å². The molecule has 0 saturated heterocycles. The minimum atomic E-state index is -0.0824. The molecule has 0 radical (unpaired) electrons. The van der Waals surface area contributed by atoms with Gasteiger partial charge in [-0.15, -0.1) is 23.7 Å². The van der Waals surface area contributed by atoms with Crippen LogP contribution in [0.5, 0.6) is 0 Å². The van der Waals surface area contributed by atoms with Gasteiger partial charge < -0.3 is 5.73 Å². The monoisotopic (exact) mass is 367 g/mol. The number of rotatable bonds is 4. The maximum atomic E-state index is 6.42. The lowest BCUT2D eigenvalue weighted by atomic mass is 10.1. The van der Waals surface area contributed by atoms with Gasteiger partial charge in [-0.1, -0.05) is 47.6 Å². The van der Waals surface area contributed by atoms with Crippen LogP contribution in [0.25, 0.3) is 0 Å². The van der Waals surface area contributed by atoms with Crippen molar-refractivity contribution in [2.45, 2.75) is 15.8 Å². The van der Waals surface area contributed by atoms with Crippen LogP contribution in [0.3, 0.4) is 0 Å². The molecule has 1 nitrogen and oxygen atoms in total. The van der Waals surface area contributed by atoms with Crippen molar-refractivity contribution in [3.63, 3.8) is 0 Å². The third-order valence-corrected chi connectivity index (χ3v) is 5.45. The molecule has 1 heterocycles. The van der Waals surface area contributed by atoms with E-state index in [-0.39, 0.29) is 18.4 Å². The molecule has 2 N–H and O–H groups in total. The second-order valence-corrected chi connectivity index (χ2v) is 7.12. The van der Waals surface area contributed by atoms with Gasteiger partial charge in [0.1, 0.15) is 0 Å². The molecule has 114 valence electrons. The van der Waals surface area contributed by atoms with Crippen LogP contribution in [0, 0.1) is 0 Å². The van der Waals surface area contributed by atoms with Crippen LogP contribution in [-0.2, 0) is 0 Å². The summed E-state index contributed by atoms with van der Waals surface area (Å²) < 4.78 is 0. The summed E-state index contributed by atoms with van der Waals surface area (Å²) in [6.45, 7) is 0. The molecule has 2 aromatic carbocycles. The van der Waals surface area contributed by atoms with Gasteiger partial charge in [-0.3, -0.25) is 0 Å². The molecule has 0 unspecified atom stereocenters. The van der Waals surface area contributed by atoms with E-state index in [9.17, 15) is 0 Å². The molecule has 0 aliphatic heterocycles. The minimum Gasteiger partial charge on any atom is -0.320 e. The van der Waals surface area contributed by atoms with Gasteiger partial charge in [0, 0.05) is 19.7 Å². The Bertz CT molecular complexity index is 712. The second-order valence-electron chi connectivity index (χ2n) is 4.59. The Morgan fingerprint density at radius 1 is 0.955 bits per heavy atom. The molecule has 3 aromatic rings. The molecular formula is C17H15Cl2NS2. The lowest BCUT2D eigenvalue weighted by Crippen LogP contribution is -2.11. The Morgan fingerprint density at radius 2 is 1.68 bits per heavy atom. The van der Waals surface area contributed by atoms with Crippen LogP contribution >= 0.6 is 47.1 Å². The molecule has 0 spiro atoms. The zero-order chi connectivity index (χ0) is 14.7. The van der Waals surface area contributed by atoms with E-state index in [0.717, 1.165) is 15.5 Å². The average Bonchev–Trinajstić information content (AvgIpc) is 3.04. The lowest BCUT2D eigenvalue weighted by molar-refractivity contribution is 0.867. The maximum absolute atomic E-state index is 6.42. The Balaban J connectivity index is 0.00000176. The Hall–Kier alpha value is -0.970. The number of thiophene rings is 1. The fourth-order valence-electron chi connectivity index (χ4n) is 2.08. The number of hydrogen-bond donors (Lipinski definition) is 1. The summed E-state index contributed by atoms with van der Waals surface area (Å²) in [5.74, 6) is 0. The Kier molecular flexibility index (Phi) is 6.36. The molecule has 0 fully saturated rings. The van der Waals surface area contributed by atoms with Gasteiger partial charge in [0.2, 0.25) is 0 Å². The highest BCUT2D eigenvalue weighted by atomic mass is 35.5. The number of nitrogens with two attached hydrogens (primary N) is 1. The summed E-state index contributed by atoms with van der Waals surface area (Å²) in [6.07, 6.45) is 0. The van der Waals surface area contributed by atoms with E-state index in [1.54, 1.807) is 23.1 Å². The van der Waals surface area contributed by atoms with E-state index in [1.807, 2.05) is 42.5 Å². The Morgan fingerprint density at radius 3 is 2.36 bits per heavy atom. The van der Waals surface area contributed by atoms with Crippen LogP contribution in [0.2, 0.25) is 5.02 Å². The van der Waals surface area contributed by atoms with E-state index in [2.05, 4.69) is 23.6 Å². The molecule has 0 bridgehead atoms. The highest BCUT2D eigenvalue weighted by Crippen LogP contribution is 2.35.